The lowest BCUT2D eigenvalue weighted by Crippen LogP contribution is -2.27. The number of aryl methyl sites for hydroxylation is 1. The third-order valence-corrected chi connectivity index (χ3v) is 4.91. The highest BCUT2D eigenvalue weighted by molar-refractivity contribution is 5.72. The van der Waals surface area contributed by atoms with E-state index < -0.39 is 0 Å². The first kappa shape index (κ1) is 17.9. The van der Waals surface area contributed by atoms with Crippen molar-refractivity contribution in [3.63, 3.8) is 0 Å². The second kappa shape index (κ2) is 7.61. The van der Waals surface area contributed by atoms with E-state index in [1.54, 1.807) is 18.2 Å². The normalized spacial score (nSPS) is 15.2. The number of aromatic nitrogens is 2. The van der Waals surface area contributed by atoms with Crippen molar-refractivity contribution in [3.05, 3.63) is 71.7 Å². The number of nitrogens with zero attached hydrogens (tertiary/aromatic N) is 2. The second-order valence-corrected chi connectivity index (χ2v) is 6.83. The molecule has 0 saturated heterocycles. The first-order valence-electron chi connectivity index (χ1n) is 9.18. The number of phenols is 1. The van der Waals surface area contributed by atoms with Crippen LogP contribution in [0.4, 0.5) is 0 Å². The number of fused-ring (bicyclic) bond motifs is 1. The quantitative estimate of drug-likeness (QED) is 0.553. The summed E-state index contributed by atoms with van der Waals surface area (Å²) in [6.45, 7) is 0.614. The molecule has 1 aromatic heterocycles. The number of methoxy groups -OCH3 is 1. The SMILES string of the molecule is COC(=O)C1CCc2nc(-c3ccc(C#Cc4cccc(O)c4)cc3)cn2C1. The predicted molar refractivity (Wildman–Crippen MR) is 106 cm³/mol. The Hall–Kier alpha value is -3.52. The van der Waals surface area contributed by atoms with E-state index >= 15 is 0 Å². The maximum absolute atomic E-state index is 11.8. The number of hydrogen-bond acceptors (Lipinski definition) is 4. The number of carbonyl (C=O) groups excluding carboxylic acids is 1. The van der Waals surface area contributed by atoms with E-state index in [0.29, 0.717) is 6.54 Å². The van der Waals surface area contributed by atoms with Gasteiger partial charge in [0.1, 0.15) is 11.6 Å². The highest BCUT2D eigenvalue weighted by atomic mass is 16.5. The molecule has 140 valence electrons. The Morgan fingerprint density at radius 2 is 1.96 bits per heavy atom. The van der Waals surface area contributed by atoms with Crippen LogP contribution < -0.4 is 0 Å². The van der Waals surface area contributed by atoms with Gasteiger partial charge in [0, 0.05) is 35.9 Å². The second-order valence-electron chi connectivity index (χ2n) is 6.83. The topological polar surface area (TPSA) is 64.3 Å². The standard InChI is InChI=1S/C23H20N2O3/c1-28-23(27)19-11-12-22-24-21(15-25(22)14-19)18-9-7-16(8-10-18)5-6-17-3-2-4-20(26)13-17/h2-4,7-10,13,15,19,26H,11-12,14H2,1H3. The molecule has 0 spiro atoms. The van der Waals surface area contributed by atoms with Crippen molar-refractivity contribution in [2.45, 2.75) is 19.4 Å². The van der Waals surface area contributed by atoms with Gasteiger partial charge in [0.05, 0.1) is 18.7 Å². The van der Waals surface area contributed by atoms with Gasteiger partial charge in [-0.2, -0.15) is 0 Å². The fourth-order valence-electron chi connectivity index (χ4n) is 3.39. The molecule has 1 N–H and O–H groups in total. The Labute approximate surface area is 163 Å². The fraction of sp³-hybridized carbons (Fsp3) is 0.217. The summed E-state index contributed by atoms with van der Waals surface area (Å²) < 4.78 is 6.92. The Morgan fingerprint density at radius 1 is 1.18 bits per heavy atom. The van der Waals surface area contributed by atoms with E-state index in [9.17, 15) is 9.90 Å². The zero-order valence-corrected chi connectivity index (χ0v) is 15.6. The molecule has 2 aromatic carbocycles. The smallest absolute Gasteiger partial charge is 0.310 e. The summed E-state index contributed by atoms with van der Waals surface area (Å²) in [5.74, 6) is 7.10. The lowest BCUT2D eigenvalue weighted by Gasteiger charge is -2.21. The minimum absolute atomic E-state index is 0.102. The highest BCUT2D eigenvalue weighted by Crippen LogP contribution is 2.25. The van der Waals surface area contributed by atoms with Crippen LogP contribution in [0.15, 0.2) is 54.7 Å². The third kappa shape index (κ3) is 3.77. The summed E-state index contributed by atoms with van der Waals surface area (Å²) in [6.07, 6.45) is 3.54. The molecule has 1 aliphatic heterocycles. The van der Waals surface area contributed by atoms with Gasteiger partial charge >= 0.3 is 5.97 Å². The maximum atomic E-state index is 11.8. The molecule has 28 heavy (non-hydrogen) atoms. The van der Waals surface area contributed by atoms with Crippen LogP contribution in [0.1, 0.15) is 23.4 Å². The van der Waals surface area contributed by atoms with Gasteiger partial charge in [0.2, 0.25) is 0 Å². The molecule has 0 fully saturated rings. The molecule has 0 bridgehead atoms. The van der Waals surface area contributed by atoms with E-state index in [2.05, 4.69) is 16.4 Å². The molecule has 0 radical (unpaired) electrons. The Morgan fingerprint density at radius 3 is 2.71 bits per heavy atom. The molecule has 1 atom stereocenters. The third-order valence-electron chi connectivity index (χ3n) is 4.91. The van der Waals surface area contributed by atoms with Crippen molar-refractivity contribution in [2.24, 2.45) is 5.92 Å². The number of ether oxygens (including phenoxy) is 1. The van der Waals surface area contributed by atoms with Crippen molar-refractivity contribution in [2.75, 3.05) is 7.11 Å². The molecular weight excluding hydrogens is 352 g/mol. The largest absolute Gasteiger partial charge is 0.508 e. The van der Waals surface area contributed by atoms with Crippen LogP contribution in [-0.2, 0) is 22.5 Å². The van der Waals surface area contributed by atoms with Crippen molar-refractivity contribution in [1.82, 2.24) is 9.55 Å². The van der Waals surface area contributed by atoms with Crippen molar-refractivity contribution in [3.8, 4) is 28.8 Å². The Balaban J connectivity index is 1.51. The summed E-state index contributed by atoms with van der Waals surface area (Å²) in [5, 5.41) is 9.50. The molecular formula is C23H20N2O3. The minimum Gasteiger partial charge on any atom is -0.508 e. The summed E-state index contributed by atoms with van der Waals surface area (Å²) in [5.41, 5.74) is 3.57. The van der Waals surface area contributed by atoms with E-state index in [1.165, 1.54) is 7.11 Å². The molecule has 1 unspecified atom stereocenters. The van der Waals surface area contributed by atoms with Crippen LogP contribution in [0, 0.1) is 17.8 Å². The summed E-state index contributed by atoms with van der Waals surface area (Å²) in [7, 11) is 1.43. The molecule has 2 heterocycles. The van der Waals surface area contributed by atoms with Crippen LogP contribution >= 0.6 is 0 Å². The molecule has 0 amide bonds. The average Bonchev–Trinajstić information content (AvgIpc) is 3.15. The van der Waals surface area contributed by atoms with Gasteiger partial charge in [-0.15, -0.1) is 0 Å². The monoisotopic (exact) mass is 372 g/mol. The van der Waals surface area contributed by atoms with Crippen LogP contribution in [0.25, 0.3) is 11.3 Å². The summed E-state index contributed by atoms with van der Waals surface area (Å²) in [4.78, 5) is 16.5. The van der Waals surface area contributed by atoms with E-state index in [-0.39, 0.29) is 17.6 Å². The van der Waals surface area contributed by atoms with Crippen molar-refractivity contribution < 1.29 is 14.6 Å². The van der Waals surface area contributed by atoms with E-state index in [0.717, 1.165) is 41.1 Å². The number of aromatic hydroxyl groups is 1. The van der Waals surface area contributed by atoms with Gasteiger partial charge in [-0.3, -0.25) is 4.79 Å². The molecule has 1 aliphatic rings. The van der Waals surface area contributed by atoms with Crippen LogP contribution in [0.2, 0.25) is 0 Å². The maximum Gasteiger partial charge on any atom is 0.310 e. The minimum atomic E-state index is -0.157. The number of benzene rings is 2. The Bertz CT molecular complexity index is 1070. The molecule has 4 rings (SSSR count). The van der Waals surface area contributed by atoms with Crippen LogP contribution in [0.3, 0.4) is 0 Å². The number of hydrogen-bond donors (Lipinski definition) is 1. The van der Waals surface area contributed by atoms with E-state index in [1.807, 2.05) is 36.5 Å². The lowest BCUT2D eigenvalue weighted by molar-refractivity contribution is -0.146. The average molecular weight is 372 g/mol. The number of carbonyl (C=O) groups is 1. The number of rotatable bonds is 2. The van der Waals surface area contributed by atoms with Gasteiger partial charge in [-0.05, 0) is 36.8 Å². The summed E-state index contributed by atoms with van der Waals surface area (Å²) in [6, 6.07) is 14.8. The van der Waals surface area contributed by atoms with Crippen molar-refractivity contribution in [1.29, 1.82) is 0 Å². The number of esters is 1. The van der Waals surface area contributed by atoms with E-state index in [4.69, 9.17) is 9.72 Å². The van der Waals surface area contributed by atoms with Gasteiger partial charge in [0.15, 0.2) is 0 Å². The fourth-order valence-corrected chi connectivity index (χ4v) is 3.39. The first-order valence-corrected chi connectivity index (χ1v) is 9.18. The molecule has 5 heteroatoms. The predicted octanol–water partition coefficient (Wildman–Crippen LogP) is 3.39. The first-order chi connectivity index (χ1) is 13.6. The van der Waals surface area contributed by atoms with Gasteiger partial charge in [-0.1, -0.05) is 30.0 Å². The van der Waals surface area contributed by atoms with Gasteiger partial charge < -0.3 is 14.4 Å². The highest BCUT2D eigenvalue weighted by Gasteiger charge is 2.26. The van der Waals surface area contributed by atoms with Gasteiger partial charge in [0.25, 0.3) is 0 Å². The molecule has 0 aliphatic carbocycles. The lowest BCUT2D eigenvalue weighted by atomic mass is 10.00. The summed E-state index contributed by atoms with van der Waals surface area (Å²) >= 11 is 0. The zero-order valence-electron chi connectivity index (χ0n) is 15.6. The van der Waals surface area contributed by atoms with Crippen molar-refractivity contribution >= 4 is 5.97 Å². The molecule has 0 saturated carbocycles. The van der Waals surface area contributed by atoms with Crippen LogP contribution in [-0.4, -0.2) is 27.7 Å². The molecule has 5 nitrogen and oxygen atoms in total. The van der Waals surface area contributed by atoms with Crippen LogP contribution in [0.5, 0.6) is 5.75 Å². The number of phenolic OH excluding ortho intramolecular Hbond substituents is 1. The van der Waals surface area contributed by atoms with Gasteiger partial charge in [-0.25, -0.2) is 4.98 Å². The molecule has 3 aromatic rings. The Kier molecular flexibility index (Phi) is 4.86. The number of imidazole rings is 1. The zero-order chi connectivity index (χ0) is 19.5.